The number of amides is 1. The number of likely N-dealkylation sites (tertiary alicyclic amines) is 1. The molecule has 2 aliphatic rings. The number of ether oxygens (including phenoxy) is 2. The lowest BCUT2D eigenvalue weighted by Gasteiger charge is -2.25. The monoisotopic (exact) mass is 422 g/mol. The molecule has 5 rings (SSSR count). The van der Waals surface area contributed by atoms with Crippen molar-refractivity contribution in [1.82, 2.24) is 19.4 Å². The molecule has 1 N–H and O–H groups in total. The number of hydrogen-bond donors (Lipinski definition) is 1. The molecular formula is C23H26N4O4. The van der Waals surface area contributed by atoms with Gasteiger partial charge in [0.15, 0.2) is 11.5 Å². The first-order valence-corrected chi connectivity index (χ1v) is 10.5. The molecule has 1 saturated heterocycles. The SMILES string of the molecule is COc1ccc2c(cc(C(=O)N3C[C@H]4CCc5c(nc(C)[nH]c5=O)[C@H]4C3)n2C)c1OC. The first-order valence-electron chi connectivity index (χ1n) is 10.5. The fraction of sp³-hybridized carbons (Fsp3) is 0.435. The van der Waals surface area contributed by atoms with Crippen molar-refractivity contribution in [1.29, 1.82) is 0 Å². The third kappa shape index (κ3) is 2.92. The average molecular weight is 422 g/mol. The Labute approximate surface area is 179 Å². The number of methoxy groups -OCH3 is 2. The summed E-state index contributed by atoms with van der Waals surface area (Å²) in [6.45, 7) is 3.06. The Kier molecular flexibility index (Phi) is 4.53. The van der Waals surface area contributed by atoms with Gasteiger partial charge in [-0.15, -0.1) is 0 Å². The zero-order valence-corrected chi connectivity index (χ0v) is 18.2. The maximum atomic E-state index is 13.5. The number of aryl methyl sites for hydroxylation is 2. The molecule has 0 unspecified atom stereocenters. The van der Waals surface area contributed by atoms with E-state index in [-0.39, 0.29) is 17.4 Å². The van der Waals surface area contributed by atoms with E-state index in [1.807, 2.05) is 34.7 Å². The van der Waals surface area contributed by atoms with Gasteiger partial charge < -0.3 is 23.9 Å². The van der Waals surface area contributed by atoms with Gasteiger partial charge in [0.25, 0.3) is 11.5 Å². The number of fused-ring (bicyclic) bond motifs is 4. The molecule has 1 aliphatic carbocycles. The van der Waals surface area contributed by atoms with Crippen LogP contribution in [0.25, 0.3) is 10.9 Å². The summed E-state index contributed by atoms with van der Waals surface area (Å²) >= 11 is 0. The zero-order valence-electron chi connectivity index (χ0n) is 18.2. The molecule has 3 heterocycles. The van der Waals surface area contributed by atoms with Crippen molar-refractivity contribution in [2.75, 3.05) is 27.3 Å². The smallest absolute Gasteiger partial charge is 0.270 e. The molecule has 2 atom stereocenters. The van der Waals surface area contributed by atoms with Crippen LogP contribution in [0.15, 0.2) is 23.0 Å². The summed E-state index contributed by atoms with van der Waals surface area (Å²) in [6, 6.07) is 5.66. The molecule has 2 aromatic heterocycles. The minimum absolute atomic E-state index is 0.0165. The van der Waals surface area contributed by atoms with Crippen molar-refractivity contribution in [2.45, 2.75) is 25.7 Å². The van der Waals surface area contributed by atoms with Crippen LogP contribution in [-0.4, -0.2) is 52.7 Å². The second-order valence-electron chi connectivity index (χ2n) is 8.45. The summed E-state index contributed by atoms with van der Waals surface area (Å²) in [5.41, 5.74) is 3.13. The van der Waals surface area contributed by atoms with Crippen LogP contribution < -0.4 is 15.0 Å². The number of H-pyrrole nitrogens is 1. The highest BCUT2D eigenvalue weighted by molar-refractivity contribution is 6.01. The average Bonchev–Trinajstić information content (AvgIpc) is 3.34. The highest BCUT2D eigenvalue weighted by Crippen LogP contribution is 2.41. The molecule has 0 saturated carbocycles. The summed E-state index contributed by atoms with van der Waals surface area (Å²) in [7, 11) is 5.10. The third-order valence-electron chi connectivity index (χ3n) is 6.79. The summed E-state index contributed by atoms with van der Waals surface area (Å²) in [5, 5.41) is 0.846. The van der Waals surface area contributed by atoms with Crippen LogP contribution in [0.5, 0.6) is 11.5 Å². The van der Waals surface area contributed by atoms with Crippen LogP contribution in [0.1, 0.15) is 39.9 Å². The van der Waals surface area contributed by atoms with E-state index >= 15 is 0 Å². The predicted octanol–water partition coefficient (Wildman–Crippen LogP) is 2.39. The number of aromatic nitrogens is 3. The lowest BCUT2D eigenvalue weighted by atomic mass is 9.80. The van der Waals surface area contributed by atoms with Gasteiger partial charge in [-0.2, -0.15) is 0 Å². The standard InChI is InChI=1S/C23H26N4O4/c1-12-24-20-14(22(28)25-12)6-5-13-10-27(11-16(13)20)23(29)18-9-15-17(26(18)2)7-8-19(30-3)21(15)31-4/h7-9,13,16H,5-6,10-11H2,1-4H3,(H,24,25,28)/t13-,16+/m1/s1. The van der Waals surface area contributed by atoms with E-state index < -0.39 is 0 Å². The van der Waals surface area contributed by atoms with Crippen molar-refractivity contribution in [3.8, 4) is 11.5 Å². The maximum Gasteiger partial charge on any atom is 0.270 e. The van der Waals surface area contributed by atoms with E-state index in [2.05, 4.69) is 9.97 Å². The number of hydrogen-bond acceptors (Lipinski definition) is 5. The van der Waals surface area contributed by atoms with Crippen molar-refractivity contribution in [3.63, 3.8) is 0 Å². The number of nitrogens with one attached hydrogen (secondary N) is 1. The molecule has 0 bridgehead atoms. The zero-order chi connectivity index (χ0) is 21.9. The Morgan fingerprint density at radius 3 is 2.77 bits per heavy atom. The van der Waals surface area contributed by atoms with Crippen molar-refractivity contribution in [3.05, 3.63) is 51.3 Å². The summed E-state index contributed by atoms with van der Waals surface area (Å²) in [4.78, 5) is 35.3. The fourth-order valence-corrected chi connectivity index (χ4v) is 5.25. The first-order chi connectivity index (χ1) is 14.9. The Bertz CT molecular complexity index is 1260. The Morgan fingerprint density at radius 1 is 1.23 bits per heavy atom. The molecule has 1 amide bonds. The van der Waals surface area contributed by atoms with Gasteiger partial charge in [0.05, 0.1) is 25.4 Å². The van der Waals surface area contributed by atoms with E-state index in [1.54, 1.807) is 21.1 Å². The van der Waals surface area contributed by atoms with Crippen LogP contribution in [0, 0.1) is 12.8 Å². The summed E-state index contributed by atoms with van der Waals surface area (Å²) in [5.74, 6) is 2.31. The molecule has 0 radical (unpaired) electrons. The number of aromatic amines is 1. The van der Waals surface area contributed by atoms with Gasteiger partial charge in [-0.3, -0.25) is 9.59 Å². The number of benzene rings is 1. The molecule has 31 heavy (non-hydrogen) atoms. The second-order valence-corrected chi connectivity index (χ2v) is 8.45. The molecule has 1 aliphatic heterocycles. The quantitative estimate of drug-likeness (QED) is 0.700. The minimum Gasteiger partial charge on any atom is -0.493 e. The summed E-state index contributed by atoms with van der Waals surface area (Å²) < 4.78 is 12.9. The number of rotatable bonds is 3. The fourth-order valence-electron chi connectivity index (χ4n) is 5.25. The van der Waals surface area contributed by atoms with E-state index in [1.165, 1.54) is 0 Å². The molecule has 8 nitrogen and oxygen atoms in total. The van der Waals surface area contributed by atoms with E-state index in [0.717, 1.165) is 28.6 Å². The highest BCUT2D eigenvalue weighted by Gasteiger charge is 2.41. The molecule has 162 valence electrons. The normalized spacial score (nSPS) is 19.9. The Balaban J connectivity index is 1.50. The van der Waals surface area contributed by atoms with Crippen molar-refractivity contribution in [2.24, 2.45) is 13.0 Å². The van der Waals surface area contributed by atoms with Gasteiger partial charge in [0, 0.05) is 37.0 Å². The molecule has 1 fully saturated rings. The Hall–Kier alpha value is -3.29. The minimum atomic E-state index is -0.0412. The number of carbonyl (C=O) groups excluding carboxylic acids is 1. The number of nitrogens with zero attached hydrogens (tertiary/aromatic N) is 3. The van der Waals surface area contributed by atoms with Gasteiger partial charge >= 0.3 is 0 Å². The van der Waals surface area contributed by atoms with E-state index in [9.17, 15) is 9.59 Å². The van der Waals surface area contributed by atoms with Gasteiger partial charge in [0.2, 0.25) is 0 Å². The Morgan fingerprint density at radius 2 is 2.03 bits per heavy atom. The molecule has 8 heteroatoms. The molecule has 3 aromatic rings. The van der Waals surface area contributed by atoms with Gasteiger partial charge in [-0.25, -0.2) is 4.98 Å². The van der Waals surface area contributed by atoms with Crippen LogP contribution in [0.3, 0.4) is 0 Å². The topological polar surface area (TPSA) is 89.5 Å². The van der Waals surface area contributed by atoms with Crippen LogP contribution in [-0.2, 0) is 13.5 Å². The van der Waals surface area contributed by atoms with Gasteiger partial charge in [-0.1, -0.05) is 0 Å². The van der Waals surface area contributed by atoms with Crippen LogP contribution >= 0.6 is 0 Å². The summed E-state index contributed by atoms with van der Waals surface area (Å²) in [6.07, 6.45) is 1.61. The van der Waals surface area contributed by atoms with Crippen LogP contribution in [0.2, 0.25) is 0 Å². The van der Waals surface area contributed by atoms with E-state index in [0.29, 0.717) is 48.4 Å². The third-order valence-corrected chi connectivity index (χ3v) is 6.79. The molecular weight excluding hydrogens is 396 g/mol. The lowest BCUT2D eigenvalue weighted by molar-refractivity contribution is 0.0777. The predicted molar refractivity (Wildman–Crippen MR) is 116 cm³/mol. The van der Waals surface area contributed by atoms with Gasteiger partial charge in [0.1, 0.15) is 11.5 Å². The first kappa shape index (κ1) is 19.7. The largest absolute Gasteiger partial charge is 0.493 e. The highest BCUT2D eigenvalue weighted by atomic mass is 16.5. The van der Waals surface area contributed by atoms with Crippen molar-refractivity contribution < 1.29 is 14.3 Å². The molecule has 1 aromatic carbocycles. The van der Waals surface area contributed by atoms with Crippen LogP contribution in [0.4, 0.5) is 0 Å². The second kappa shape index (κ2) is 7.14. The molecule has 0 spiro atoms. The lowest BCUT2D eigenvalue weighted by Crippen LogP contribution is -2.30. The van der Waals surface area contributed by atoms with Crippen molar-refractivity contribution >= 4 is 16.8 Å². The van der Waals surface area contributed by atoms with E-state index in [4.69, 9.17) is 9.47 Å². The number of carbonyl (C=O) groups is 1. The van der Waals surface area contributed by atoms with Gasteiger partial charge in [-0.05, 0) is 43.9 Å². The maximum absolute atomic E-state index is 13.5.